The number of allylic oxidation sites excluding steroid dienone is 1. The van der Waals surface area contributed by atoms with Gasteiger partial charge in [0.25, 0.3) is 0 Å². The lowest BCUT2D eigenvalue weighted by molar-refractivity contribution is -0.113. The lowest BCUT2D eigenvalue weighted by Crippen LogP contribution is -2.43. The SMILES string of the molecule is C=C1CC(C=O)C(C)(CNC(C)N)C1. The van der Waals surface area contributed by atoms with Gasteiger partial charge in [0.2, 0.25) is 0 Å². The van der Waals surface area contributed by atoms with E-state index in [0.717, 1.165) is 25.7 Å². The van der Waals surface area contributed by atoms with Crippen LogP contribution in [-0.2, 0) is 4.79 Å². The molecule has 80 valence electrons. The number of nitrogens with two attached hydrogens (primary N) is 1. The second kappa shape index (κ2) is 4.24. The van der Waals surface area contributed by atoms with Gasteiger partial charge in [-0.2, -0.15) is 0 Å². The zero-order valence-electron chi connectivity index (χ0n) is 9.05. The van der Waals surface area contributed by atoms with E-state index in [1.165, 1.54) is 5.57 Å². The van der Waals surface area contributed by atoms with Gasteiger partial charge < -0.3 is 15.8 Å². The van der Waals surface area contributed by atoms with Gasteiger partial charge in [0.1, 0.15) is 6.29 Å². The highest BCUT2D eigenvalue weighted by molar-refractivity contribution is 5.57. The average molecular weight is 196 g/mol. The number of carbonyl (C=O) groups is 1. The second-order valence-electron chi connectivity index (χ2n) is 4.70. The van der Waals surface area contributed by atoms with Crippen molar-refractivity contribution in [2.24, 2.45) is 17.1 Å². The Bertz CT molecular complexity index is 237. The van der Waals surface area contributed by atoms with Crippen molar-refractivity contribution in [1.82, 2.24) is 5.32 Å². The number of rotatable bonds is 4. The molecule has 1 fully saturated rings. The minimum absolute atomic E-state index is 0.00641. The van der Waals surface area contributed by atoms with Crippen molar-refractivity contribution in [2.45, 2.75) is 32.9 Å². The highest BCUT2D eigenvalue weighted by Gasteiger charge is 2.40. The van der Waals surface area contributed by atoms with Gasteiger partial charge in [-0.05, 0) is 25.2 Å². The quantitative estimate of drug-likeness (QED) is 0.401. The van der Waals surface area contributed by atoms with E-state index in [9.17, 15) is 4.79 Å². The monoisotopic (exact) mass is 196 g/mol. The van der Waals surface area contributed by atoms with Gasteiger partial charge in [-0.25, -0.2) is 0 Å². The van der Waals surface area contributed by atoms with Crippen molar-refractivity contribution < 1.29 is 4.79 Å². The molecule has 1 saturated carbocycles. The van der Waals surface area contributed by atoms with Crippen LogP contribution < -0.4 is 11.1 Å². The minimum Gasteiger partial charge on any atom is -0.316 e. The van der Waals surface area contributed by atoms with E-state index in [4.69, 9.17) is 5.73 Å². The molecule has 0 aliphatic heterocycles. The van der Waals surface area contributed by atoms with E-state index in [2.05, 4.69) is 18.8 Å². The van der Waals surface area contributed by atoms with Gasteiger partial charge >= 0.3 is 0 Å². The minimum atomic E-state index is -0.0204. The molecule has 1 rings (SSSR count). The van der Waals surface area contributed by atoms with Crippen LogP contribution in [0, 0.1) is 11.3 Å². The Kier molecular flexibility index (Phi) is 3.45. The molecule has 3 atom stereocenters. The third-order valence-corrected chi connectivity index (χ3v) is 3.05. The average Bonchev–Trinajstić information content (AvgIpc) is 2.38. The number of hydrogen-bond donors (Lipinski definition) is 2. The van der Waals surface area contributed by atoms with Crippen LogP contribution in [0.25, 0.3) is 0 Å². The maximum absolute atomic E-state index is 10.9. The molecular weight excluding hydrogens is 176 g/mol. The lowest BCUT2D eigenvalue weighted by atomic mass is 9.80. The number of aldehydes is 1. The number of nitrogens with one attached hydrogen (secondary N) is 1. The molecule has 0 radical (unpaired) electrons. The second-order valence-corrected chi connectivity index (χ2v) is 4.70. The van der Waals surface area contributed by atoms with Crippen LogP contribution in [0.15, 0.2) is 12.2 Å². The van der Waals surface area contributed by atoms with Crippen LogP contribution in [-0.4, -0.2) is 19.0 Å². The van der Waals surface area contributed by atoms with E-state index >= 15 is 0 Å². The number of hydrogen-bond acceptors (Lipinski definition) is 3. The maximum atomic E-state index is 10.9. The zero-order chi connectivity index (χ0) is 10.8. The molecule has 14 heavy (non-hydrogen) atoms. The van der Waals surface area contributed by atoms with Crippen molar-refractivity contribution >= 4 is 6.29 Å². The van der Waals surface area contributed by atoms with Crippen LogP contribution in [0.2, 0.25) is 0 Å². The zero-order valence-corrected chi connectivity index (χ0v) is 9.05. The molecule has 1 aliphatic carbocycles. The normalized spacial score (nSPS) is 34.5. The Morgan fingerprint density at radius 3 is 3.00 bits per heavy atom. The third-order valence-electron chi connectivity index (χ3n) is 3.05. The summed E-state index contributed by atoms with van der Waals surface area (Å²) in [7, 11) is 0. The fraction of sp³-hybridized carbons (Fsp3) is 0.727. The van der Waals surface area contributed by atoms with Crippen LogP contribution >= 0.6 is 0 Å². The van der Waals surface area contributed by atoms with Crippen molar-refractivity contribution in [3.05, 3.63) is 12.2 Å². The molecule has 0 aromatic heterocycles. The first kappa shape index (κ1) is 11.4. The van der Waals surface area contributed by atoms with E-state index in [0.29, 0.717) is 0 Å². The van der Waals surface area contributed by atoms with Crippen LogP contribution in [0.5, 0.6) is 0 Å². The Morgan fingerprint density at radius 1 is 1.86 bits per heavy atom. The first-order valence-corrected chi connectivity index (χ1v) is 5.09. The molecule has 3 unspecified atom stereocenters. The fourth-order valence-electron chi connectivity index (χ4n) is 2.13. The summed E-state index contributed by atoms with van der Waals surface area (Å²) in [6.07, 6.45) is 2.80. The van der Waals surface area contributed by atoms with Crippen LogP contribution in [0.3, 0.4) is 0 Å². The molecular formula is C11H20N2O. The molecule has 0 heterocycles. The van der Waals surface area contributed by atoms with Crippen LogP contribution in [0.4, 0.5) is 0 Å². The topological polar surface area (TPSA) is 55.1 Å². The van der Waals surface area contributed by atoms with Crippen LogP contribution in [0.1, 0.15) is 26.7 Å². The summed E-state index contributed by atoms with van der Waals surface area (Å²) in [5.74, 6) is 0.0984. The van der Waals surface area contributed by atoms with E-state index in [-0.39, 0.29) is 17.5 Å². The van der Waals surface area contributed by atoms with E-state index in [1.807, 2.05) is 6.92 Å². The van der Waals surface area contributed by atoms with Gasteiger partial charge in [0.05, 0.1) is 6.17 Å². The standard InChI is InChI=1S/C11H20N2O/c1-8-4-10(6-14)11(3,5-8)7-13-9(2)12/h6,9-10,13H,1,4-5,7,12H2,2-3H3. The van der Waals surface area contributed by atoms with Crippen molar-refractivity contribution in [1.29, 1.82) is 0 Å². The maximum Gasteiger partial charge on any atom is 0.123 e. The van der Waals surface area contributed by atoms with Gasteiger partial charge in [-0.15, -0.1) is 0 Å². The third kappa shape index (κ3) is 2.42. The van der Waals surface area contributed by atoms with Gasteiger partial charge in [0.15, 0.2) is 0 Å². The lowest BCUT2D eigenvalue weighted by Gasteiger charge is -2.29. The molecule has 3 nitrogen and oxygen atoms in total. The van der Waals surface area contributed by atoms with Crippen molar-refractivity contribution in [3.63, 3.8) is 0 Å². The molecule has 0 spiro atoms. The molecule has 0 bridgehead atoms. The summed E-state index contributed by atoms with van der Waals surface area (Å²) < 4.78 is 0. The summed E-state index contributed by atoms with van der Waals surface area (Å²) >= 11 is 0. The number of carbonyl (C=O) groups excluding carboxylic acids is 1. The first-order chi connectivity index (χ1) is 6.48. The summed E-state index contributed by atoms with van der Waals surface area (Å²) in [5, 5.41) is 3.19. The summed E-state index contributed by atoms with van der Waals surface area (Å²) in [4.78, 5) is 10.9. The molecule has 0 aromatic rings. The Morgan fingerprint density at radius 2 is 2.50 bits per heavy atom. The molecule has 3 heteroatoms. The van der Waals surface area contributed by atoms with E-state index < -0.39 is 0 Å². The van der Waals surface area contributed by atoms with Gasteiger partial charge in [-0.1, -0.05) is 19.1 Å². The fourth-order valence-corrected chi connectivity index (χ4v) is 2.13. The Balaban J connectivity index is 2.61. The van der Waals surface area contributed by atoms with E-state index in [1.54, 1.807) is 0 Å². The molecule has 1 aliphatic rings. The first-order valence-electron chi connectivity index (χ1n) is 5.09. The predicted molar refractivity (Wildman–Crippen MR) is 57.7 cm³/mol. The molecule has 0 amide bonds. The van der Waals surface area contributed by atoms with Gasteiger partial charge in [0, 0.05) is 12.5 Å². The summed E-state index contributed by atoms with van der Waals surface area (Å²) in [5.41, 5.74) is 6.81. The molecule has 0 aromatic carbocycles. The Hall–Kier alpha value is -0.670. The largest absolute Gasteiger partial charge is 0.316 e. The van der Waals surface area contributed by atoms with Gasteiger partial charge in [-0.3, -0.25) is 0 Å². The molecule has 3 N–H and O–H groups in total. The van der Waals surface area contributed by atoms with Crippen molar-refractivity contribution in [2.75, 3.05) is 6.54 Å². The highest BCUT2D eigenvalue weighted by Crippen LogP contribution is 2.43. The summed E-state index contributed by atoms with van der Waals surface area (Å²) in [6.45, 7) is 8.77. The predicted octanol–water partition coefficient (Wildman–Crippen LogP) is 1.05. The van der Waals surface area contributed by atoms with Crippen molar-refractivity contribution in [3.8, 4) is 0 Å². The smallest absolute Gasteiger partial charge is 0.123 e. The highest BCUT2D eigenvalue weighted by atomic mass is 16.1. The molecule has 0 saturated heterocycles. The Labute approximate surface area is 85.7 Å². The summed E-state index contributed by atoms with van der Waals surface area (Å²) in [6, 6.07) is 0.